The lowest BCUT2D eigenvalue weighted by atomic mass is 9.91. The van der Waals surface area contributed by atoms with Crippen LogP contribution >= 0.6 is 0 Å². The predicted octanol–water partition coefficient (Wildman–Crippen LogP) is 3.58. The minimum absolute atomic E-state index is 0.00681. The third-order valence-corrected chi connectivity index (χ3v) is 4.68. The Morgan fingerprint density at radius 3 is 2.96 bits per heavy atom. The highest BCUT2D eigenvalue weighted by Crippen LogP contribution is 2.34. The van der Waals surface area contributed by atoms with Crippen molar-refractivity contribution in [1.82, 2.24) is 15.5 Å². The molecule has 5 heteroatoms. The van der Waals surface area contributed by atoms with E-state index in [0.717, 1.165) is 30.5 Å². The second kappa shape index (κ2) is 5.26. The van der Waals surface area contributed by atoms with Gasteiger partial charge in [0.1, 0.15) is 11.3 Å². The van der Waals surface area contributed by atoms with Crippen LogP contribution in [0.3, 0.4) is 0 Å². The van der Waals surface area contributed by atoms with Crippen LogP contribution in [0.4, 0.5) is 0 Å². The van der Waals surface area contributed by atoms with Gasteiger partial charge in [0.15, 0.2) is 0 Å². The number of aryl methyl sites for hydroxylation is 3. The summed E-state index contributed by atoms with van der Waals surface area (Å²) in [5, 5.41) is 8.28. The second-order valence-corrected chi connectivity index (χ2v) is 6.18. The quantitative estimate of drug-likeness (QED) is 0.760. The molecule has 0 spiro atoms. The van der Waals surface area contributed by atoms with E-state index in [0.29, 0.717) is 17.0 Å². The van der Waals surface area contributed by atoms with Gasteiger partial charge in [0, 0.05) is 16.6 Å². The highest BCUT2D eigenvalue weighted by molar-refractivity contribution is 5.96. The maximum atomic E-state index is 12.6. The lowest BCUT2D eigenvalue weighted by molar-refractivity contribution is 0.0930. The molecular weight excluding hydrogens is 290 g/mol. The van der Waals surface area contributed by atoms with Crippen molar-refractivity contribution in [1.29, 1.82) is 0 Å². The molecule has 4 rings (SSSR count). The number of para-hydroxylation sites is 1. The minimum Gasteiger partial charge on any atom is -0.361 e. The zero-order valence-electron chi connectivity index (χ0n) is 13.3. The molecule has 1 aliphatic carbocycles. The van der Waals surface area contributed by atoms with Gasteiger partial charge < -0.3 is 14.8 Å². The molecule has 118 valence electrons. The van der Waals surface area contributed by atoms with Crippen LogP contribution in [-0.2, 0) is 6.42 Å². The monoisotopic (exact) mass is 309 g/mol. The number of carbonyl (C=O) groups excluding carboxylic acids is 1. The summed E-state index contributed by atoms with van der Waals surface area (Å²) in [6.07, 6.45) is 3.06. The fourth-order valence-electron chi connectivity index (χ4n) is 3.60. The van der Waals surface area contributed by atoms with E-state index < -0.39 is 0 Å². The molecule has 0 radical (unpaired) electrons. The van der Waals surface area contributed by atoms with E-state index >= 15 is 0 Å². The van der Waals surface area contributed by atoms with Crippen LogP contribution in [0.2, 0.25) is 0 Å². The molecule has 0 unspecified atom stereocenters. The number of nitrogens with zero attached hydrogens (tertiary/aromatic N) is 1. The Balaban J connectivity index is 1.68. The summed E-state index contributed by atoms with van der Waals surface area (Å²) in [7, 11) is 0. The molecule has 0 fully saturated rings. The van der Waals surface area contributed by atoms with Crippen LogP contribution in [0.15, 0.2) is 28.8 Å². The van der Waals surface area contributed by atoms with Crippen LogP contribution in [0.1, 0.15) is 52.0 Å². The molecule has 23 heavy (non-hydrogen) atoms. The van der Waals surface area contributed by atoms with Crippen LogP contribution in [-0.4, -0.2) is 16.0 Å². The van der Waals surface area contributed by atoms with Gasteiger partial charge >= 0.3 is 0 Å². The maximum absolute atomic E-state index is 12.6. The van der Waals surface area contributed by atoms with Crippen LogP contribution in [0.5, 0.6) is 0 Å². The first-order valence-corrected chi connectivity index (χ1v) is 7.98. The number of amides is 1. The molecule has 1 aromatic carbocycles. The standard InChI is InChI=1S/C18H19N3O2/c1-10-16(11(2)23-21-10)18(22)20-15-9-5-7-13-12-6-3-4-8-14(12)19-17(13)15/h3-4,6,8,15,19H,5,7,9H2,1-2H3,(H,20,22)/t15-/m1/s1. The van der Waals surface area contributed by atoms with Crippen molar-refractivity contribution < 1.29 is 9.32 Å². The predicted molar refractivity (Wildman–Crippen MR) is 87.4 cm³/mol. The number of hydrogen-bond donors (Lipinski definition) is 2. The average Bonchev–Trinajstić information content (AvgIpc) is 3.08. The number of rotatable bonds is 2. The average molecular weight is 309 g/mol. The first kappa shape index (κ1) is 14.1. The fraction of sp³-hybridized carbons (Fsp3) is 0.333. The zero-order valence-corrected chi connectivity index (χ0v) is 13.3. The third kappa shape index (κ3) is 2.23. The normalized spacial score (nSPS) is 17.2. The molecule has 5 nitrogen and oxygen atoms in total. The van der Waals surface area contributed by atoms with Gasteiger partial charge in [0.25, 0.3) is 5.91 Å². The third-order valence-electron chi connectivity index (χ3n) is 4.68. The Hall–Kier alpha value is -2.56. The molecule has 3 aromatic rings. The number of carbonyl (C=O) groups is 1. The summed E-state index contributed by atoms with van der Waals surface area (Å²) in [5.41, 5.74) is 4.78. The van der Waals surface area contributed by atoms with Crippen LogP contribution in [0, 0.1) is 13.8 Å². The first-order chi connectivity index (χ1) is 11.1. The highest BCUT2D eigenvalue weighted by Gasteiger charge is 2.27. The second-order valence-electron chi connectivity index (χ2n) is 6.18. The van der Waals surface area contributed by atoms with Gasteiger partial charge in [-0.3, -0.25) is 4.79 Å². The Bertz CT molecular complexity index is 871. The summed E-state index contributed by atoms with van der Waals surface area (Å²) in [4.78, 5) is 16.1. The molecule has 0 bridgehead atoms. The lowest BCUT2D eigenvalue weighted by Gasteiger charge is -2.23. The Labute approximate surface area is 134 Å². The van der Waals surface area contributed by atoms with Gasteiger partial charge in [-0.1, -0.05) is 23.4 Å². The Morgan fingerprint density at radius 1 is 1.35 bits per heavy atom. The number of fused-ring (bicyclic) bond motifs is 3. The fourth-order valence-corrected chi connectivity index (χ4v) is 3.60. The van der Waals surface area contributed by atoms with Crippen molar-refractivity contribution in [3.63, 3.8) is 0 Å². The number of nitrogens with one attached hydrogen (secondary N) is 2. The number of benzene rings is 1. The van der Waals surface area contributed by atoms with Gasteiger partial charge in [-0.05, 0) is 44.7 Å². The number of H-pyrrole nitrogens is 1. The summed E-state index contributed by atoms with van der Waals surface area (Å²) >= 11 is 0. The van der Waals surface area contributed by atoms with E-state index in [9.17, 15) is 4.79 Å². The summed E-state index contributed by atoms with van der Waals surface area (Å²) < 4.78 is 5.10. The molecule has 1 atom stereocenters. The van der Waals surface area contributed by atoms with Gasteiger partial charge in [0.05, 0.1) is 11.7 Å². The molecule has 2 heterocycles. The summed E-state index contributed by atoms with van der Waals surface area (Å²) in [5.74, 6) is 0.449. The molecular formula is C18H19N3O2. The van der Waals surface area contributed by atoms with Gasteiger partial charge in [-0.15, -0.1) is 0 Å². The first-order valence-electron chi connectivity index (χ1n) is 7.98. The molecule has 2 aromatic heterocycles. The van der Waals surface area contributed by atoms with Crippen LogP contribution in [0.25, 0.3) is 10.9 Å². The summed E-state index contributed by atoms with van der Waals surface area (Å²) in [6, 6.07) is 8.32. The Kier molecular flexibility index (Phi) is 3.22. The van der Waals surface area contributed by atoms with Gasteiger partial charge in [-0.25, -0.2) is 0 Å². The van der Waals surface area contributed by atoms with Crippen molar-refractivity contribution in [2.45, 2.75) is 39.2 Å². The maximum Gasteiger partial charge on any atom is 0.257 e. The molecule has 0 aliphatic heterocycles. The molecule has 0 saturated heterocycles. The lowest BCUT2D eigenvalue weighted by Crippen LogP contribution is -2.31. The molecule has 1 amide bonds. The van der Waals surface area contributed by atoms with Gasteiger partial charge in [-0.2, -0.15) is 0 Å². The smallest absolute Gasteiger partial charge is 0.257 e. The molecule has 2 N–H and O–H groups in total. The molecule has 1 aliphatic rings. The number of hydrogen-bond acceptors (Lipinski definition) is 3. The Morgan fingerprint density at radius 2 is 2.17 bits per heavy atom. The van der Waals surface area contributed by atoms with Crippen molar-refractivity contribution in [2.75, 3.05) is 0 Å². The summed E-state index contributed by atoms with van der Waals surface area (Å²) in [6.45, 7) is 3.56. The minimum atomic E-state index is -0.113. The van der Waals surface area contributed by atoms with E-state index in [4.69, 9.17) is 4.52 Å². The van der Waals surface area contributed by atoms with E-state index in [1.807, 2.05) is 6.07 Å². The van der Waals surface area contributed by atoms with E-state index in [1.54, 1.807) is 13.8 Å². The van der Waals surface area contributed by atoms with Gasteiger partial charge in [0.2, 0.25) is 0 Å². The van der Waals surface area contributed by atoms with Crippen molar-refractivity contribution in [3.05, 3.63) is 52.5 Å². The highest BCUT2D eigenvalue weighted by atomic mass is 16.5. The van der Waals surface area contributed by atoms with E-state index in [2.05, 4.69) is 33.7 Å². The van der Waals surface area contributed by atoms with Crippen molar-refractivity contribution >= 4 is 16.8 Å². The topological polar surface area (TPSA) is 70.9 Å². The van der Waals surface area contributed by atoms with E-state index in [-0.39, 0.29) is 11.9 Å². The van der Waals surface area contributed by atoms with Crippen molar-refractivity contribution in [2.24, 2.45) is 0 Å². The number of aromatic nitrogens is 2. The SMILES string of the molecule is Cc1noc(C)c1C(=O)N[C@@H]1CCCc2c1[nH]c1ccccc21. The van der Waals surface area contributed by atoms with Crippen molar-refractivity contribution in [3.8, 4) is 0 Å². The zero-order chi connectivity index (χ0) is 16.0. The number of aromatic amines is 1. The largest absolute Gasteiger partial charge is 0.361 e. The molecule has 0 saturated carbocycles. The van der Waals surface area contributed by atoms with E-state index in [1.165, 1.54) is 10.9 Å². The van der Waals surface area contributed by atoms with Crippen LogP contribution < -0.4 is 5.32 Å².